The summed E-state index contributed by atoms with van der Waals surface area (Å²) in [5.41, 5.74) is 0. The van der Waals surface area contributed by atoms with Crippen LogP contribution in [0.2, 0.25) is 0 Å². The summed E-state index contributed by atoms with van der Waals surface area (Å²) in [4.78, 5) is 30.2. The van der Waals surface area contributed by atoms with E-state index in [1.165, 1.54) is 6.26 Å². The van der Waals surface area contributed by atoms with Crippen molar-refractivity contribution in [1.29, 1.82) is 0 Å². The van der Waals surface area contributed by atoms with Gasteiger partial charge in [0.25, 0.3) is 5.91 Å². The fraction of sp³-hybridized carbons (Fsp3) is 0.917. The molecular weight excluding hydrogens is 444 g/mol. The van der Waals surface area contributed by atoms with E-state index in [2.05, 4.69) is 0 Å². The third-order valence-electron chi connectivity index (χ3n) is 8.47. The van der Waals surface area contributed by atoms with Gasteiger partial charge in [0.2, 0.25) is 0 Å². The molecule has 33 heavy (non-hydrogen) atoms. The number of rotatable bonds is 4. The van der Waals surface area contributed by atoms with Gasteiger partial charge in [-0.1, -0.05) is 0 Å². The lowest BCUT2D eigenvalue weighted by molar-refractivity contribution is -0.152. The molecule has 0 N–H and O–H groups in total. The van der Waals surface area contributed by atoms with Crippen LogP contribution in [0, 0.1) is 11.8 Å². The Bertz CT molecular complexity index is 819. The molecule has 0 bridgehead atoms. The van der Waals surface area contributed by atoms with E-state index in [4.69, 9.17) is 9.47 Å². The number of fused-ring (bicyclic) bond motifs is 1. The van der Waals surface area contributed by atoms with Crippen molar-refractivity contribution in [1.82, 2.24) is 9.80 Å². The molecule has 0 aromatic carbocycles. The second kappa shape index (κ2) is 10.1. The molecule has 2 saturated carbocycles. The Labute approximate surface area is 198 Å². The number of piperazine rings is 1. The first-order valence-corrected chi connectivity index (χ1v) is 14.7. The van der Waals surface area contributed by atoms with Crippen LogP contribution in [-0.2, 0) is 24.1 Å². The molecule has 8 nitrogen and oxygen atoms in total. The van der Waals surface area contributed by atoms with Gasteiger partial charge in [-0.15, -0.1) is 0 Å². The van der Waals surface area contributed by atoms with Gasteiger partial charge in [-0.2, -0.15) is 0 Å². The van der Waals surface area contributed by atoms with Crippen LogP contribution in [0.15, 0.2) is 0 Å². The molecule has 2 heterocycles. The van der Waals surface area contributed by atoms with Crippen molar-refractivity contribution in [3.8, 4) is 0 Å². The molecule has 2 saturated heterocycles. The van der Waals surface area contributed by atoms with Crippen LogP contribution >= 0.6 is 0 Å². The maximum absolute atomic E-state index is 13.4. The fourth-order valence-electron chi connectivity index (χ4n) is 6.80. The molecule has 188 valence electrons. The summed E-state index contributed by atoms with van der Waals surface area (Å²) >= 11 is 0. The maximum Gasteiger partial charge on any atom is 0.410 e. The Hall–Kier alpha value is -1.35. The SMILES string of the molecule is CCOC(=O)N1C2CCC(C3CCC(S(C)(=O)=O)CC3)CC2N(C(=O)C2CCCO2)C[C@@H]1C. The number of amides is 2. The Morgan fingerprint density at radius 1 is 1.00 bits per heavy atom. The van der Waals surface area contributed by atoms with Gasteiger partial charge in [0.15, 0.2) is 0 Å². The molecule has 4 aliphatic rings. The van der Waals surface area contributed by atoms with E-state index < -0.39 is 9.84 Å². The lowest BCUT2D eigenvalue weighted by atomic mass is 9.69. The van der Waals surface area contributed by atoms with E-state index in [0.717, 1.165) is 57.8 Å². The van der Waals surface area contributed by atoms with E-state index in [-0.39, 0.29) is 41.5 Å². The van der Waals surface area contributed by atoms with E-state index in [1.807, 2.05) is 23.6 Å². The van der Waals surface area contributed by atoms with Crippen molar-refractivity contribution < 1.29 is 27.5 Å². The first kappa shape index (κ1) is 24.8. The summed E-state index contributed by atoms with van der Waals surface area (Å²) in [5, 5.41) is -0.211. The molecule has 2 aliphatic carbocycles. The maximum atomic E-state index is 13.4. The monoisotopic (exact) mass is 484 g/mol. The second-order valence-corrected chi connectivity index (χ2v) is 12.8. The minimum atomic E-state index is -2.98. The molecule has 0 aromatic rings. The average molecular weight is 485 g/mol. The van der Waals surface area contributed by atoms with Gasteiger partial charge in [-0.25, -0.2) is 13.2 Å². The highest BCUT2D eigenvalue weighted by atomic mass is 32.2. The van der Waals surface area contributed by atoms with Crippen LogP contribution in [0.25, 0.3) is 0 Å². The predicted molar refractivity (Wildman–Crippen MR) is 125 cm³/mol. The van der Waals surface area contributed by atoms with Crippen molar-refractivity contribution in [3.05, 3.63) is 0 Å². The number of carbonyl (C=O) groups excluding carboxylic acids is 2. The zero-order valence-electron chi connectivity index (χ0n) is 20.3. The van der Waals surface area contributed by atoms with E-state index in [0.29, 0.717) is 31.6 Å². The van der Waals surface area contributed by atoms with Crippen molar-refractivity contribution in [2.24, 2.45) is 11.8 Å². The largest absolute Gasteiger partial charge is 0.450 e. The van der Waals surface area contributed by atoms with Crippen LogP contribution in [0.3, 0.4) is 0 Å². The normalized spacial score (nSPS) is 37.5. The smallest absolute Gasteiger partial charge is 0.410 e. The van der Waals surface area contributed by atoms with Crippen molar-refractivity contribution >= 4 is 21.8 Å². The predicted octanol–water partition coefficient (Wildman–Crippen LogP) is 3.00. The third kappa shape index (κ3) is 5.19. The van der Waals surface area contributed by atoms with E-state index in [9.17, 15) is 18.0 Å². The lowest BCUT2D eigenvalue weighted by Crippen LogP contribution is -2.68. The molecular formula is C24H40N2O6S. The Kier molecular flexibility index (Phi) is 7.58. The van der Waals surface area contributed by atoms with Gasteiger partial charge in [0.05, 0.1) is 30.0 Å². The van der Waals surface area contributed by atoms with Crippen molar-refractivity contribution in [2.45, 2.75) is 101 Å². The van der Waals surface area contributed by atoms with Gasteiger partial charge in [0, 0.05) is 19.4 Å². The molecule has 2 amide bonds. The number of hydrogen-bond acceptors (Lipinski definition) is 6. The summed E-state index contributed by atoms with van der Waals surface area (Å²) in [6, 6.07) is -0.173. The van der Waals surface area contributed by atoms with Crippen LogP contribution in [0.5, 0.6) is 0 Å². The quantitative estimate of drug-likeness (QED) is 0.609. The molecule has 0 spiro atoms. The first-order chi connectivity index (χ1) is 15.7. The van der Waals surface area contributed by atoms with Gasteiger partial charge in [-0.3, -0.25) is 9.69 Å². The number of hydrogen-bond donors (Lipinski definition) is 0. The van der Waals surface area contributed by atoms with Gasteiger partial charge in [-0.05, 0) is 83.5 Å². The summed E-state index contributed by atoms with van der Waals surface area (Å²) in [6.07, 6.45) is 8.42. The molecule has 0 aromatic heterocycles. The van der Waals surface area contributed by atoms with Gasteiger partial charge < -0.3 is 14.4 Å². The Morgan fingerprint density at radius 3 is 2.30 bits per heavy atom. The molecule has 4 fully saturated rings. The fourth-order valence-corrected chi connectivity index (χ4v) is 7.93. The Morgan fingerprint density at radius 2 is 1.70 bits per heavy atom. The topological polar surface area (TPSA) is 93.2 Å². The van der Waals surface area contributed by atoms with Crippen molar-refractivity contribution in [3.63, 3.8) is 0 Å². The number of carbonyl (C=O) groups is 2. The van der Waals surface area contributed by atoms with Crippen LogP contribution in [-0.4, -0.2) is 85.7 Å². The second-order valence-electron chi connectivity index (χ2n) is 10.5. The highest BCUT2D eigenvalue weighted by molar-refractivity contribution is 7.91. The van der Waals surface area contributed by atoms with Gasteiger partial charge in [0.1, 0.15) is 15.9 Å². The minimum absolute atomic E-state index is 0.0336. The summed E-state index contributed by atoms with van der Waals surface area (Å²) < 4.78 is 35.1. The van der Waals surface area contributed by atoms with Crippen molar-refractivity contribution in [2.75, 3.05) is 26.0 Å². The zero-order chi connectivity index (χ0) is 23.8. The highest BCUT2D eigenvalue weighted by Gasteiger charge is 2.50. The number of sulfone groups is 1. The Balaban J connectivity index is 1.51. The average Bonchev–Trinajstić information content (AvgIpc) is 3.32. The summed E-state index contributed by atoms with van der Waals surface area (Å²) in [6.45, 7) is 5.30. The van der Waals surface area contributed by atoms with Crippen LogP contribution in [0.1, 0.15) is 71.6 Å². The third-order valence-corrected chi connectivity index (χ3v) is 10.2. The lowest BCUT2D eigenvalue weighted by Gasteiger charge is -2.54. The van der Waals surface area contributed by atoms with Gasteiger partial charge >= 0.3 is 6.09 Å². The van der Waals surface area contributed by atoms with Crippen LogP contribution < -0.4 is 0 Å². The molecule has 4 rings (SSSR count). The number of nitrogens with zero attached hydrogens (tertiary/aromatic N) is 2. The zero-order valence-corrected chi connectivity index (χ0v) is 21.1. The summed E-state index contributed by atoms with van der Waals surface area (Å²) in [5.74, 6) is 1.00. The number of ether oxygens (including phenoxy) is 2. The molecule has 4 unspecified atom stereocenters. The van der Waals surface area contributed by atoms with E-state index >= 15 is 0 Å². The molecule has 0 radical (unpaired) electrons. The molecule has 5 atom stereocenters. The van der Waals surface area contributed by atoms with Crippen LogP contribution in [0.4, 0.5) is 4.79 Å². The highest BCUT2D eigenvalue weighted by Crippen LogP contribution is 2.44. The molecule has 2 aliphatic heterocycles. The first-order valence-electron chi connectivity index (χ1n) is 12.8. The standard InChI is InChI=1S/C24H40N2O6S/c1-4-31-24(28)26-16(2)15-25(23(27)22-6-5-13-32-22)21-14-18(9-12-20(21)26)17-7-10-19(11-8-17)33(3,29)30/h16-22H,4-15H2,1-3H3/t16-,17?,18?,19?,20?,21?,22?/m0/s1. The van der Waals surface area contributed by atoms with E-state index in [1.54, 1.807) is 0 Å². The minimum Gasteiger partial charge on any atom is -0.450 e. The molecule has 9 heteroatoms. The summed E-state index contributed by atoms with van der Waals surface area (Å²) in [7, 11) is -2.98.